The molecule has 0 bridgehead atoms. The summed E-state index contributed by atoms with van der Waals surface area (Å²) in [6.07, 6.45) is 1.82. The van der Waals surface area contributed by atoms with E-state index in [1.807, 2.05) is 25.4 Å². The first-order valence-corrected chi connectivity index (χ1v) is 8.23. The van der Waals surface area contributed by atoms with Gasteiger partial charge in [0, 0.05) is 44.8 Å². The molecule has 1 aromatic heterocycles. The van der Waals surface area contributed by atoms with Gasteiger partial charge in [0.05, 0.1) is 12.0 Å². The number of aliphatic imine (C=N–C) groups is 1. The Morgan fingerprint density at radius 3 is 2.68 bits per heavy atom. The van der Waals surface area contributed by atoms with E-state index in [2.05, 4.69) is 25.1 Å². The number of rotatable bonds is 4. The molecular weight excluding hydrogens is 300 g/mol. The average Bonchev–Trinajstić information content (AvgIpc) is 3.06. The number of carbonyl (C=O) groups excluding carboxylic acids is 1. The fraction of sp³-hybridized carbons (Fsp3) is 0.643. The highest BCUT2D eigenvalue weighted by atomic mass is 32.1. The zero-order valence-electron chi connectivity index (χ0n) is 13.4. The zero-order valence-corrected chi connectivity index (χ0v) is 14.2. The van der Waals surface area contributed by atoms with Crippen molar-refractivity contribution in [3.63, 3.8) is 0 Å². The number of piperazine rings is 1. The van der Waals surface area contributed by atoms with Crippen molar-refractivity contribution in [2.75, 3.05) is 44.7 Å². The summed E-state index contributed by atoms with van der Waals surface area (Å²) in [5.41, 5.74) is 5.52. The molecule has 2 rings (SSSR count). The Bertz CT molecular complexity index is 519. The van der Waals surface area contributed by atoms with E-state index >= 15 is 0 Å². The number of nitrogens with zero attached hydrogens (tertiary/aromatic N) is 4. The van der Waals surface area contributed by atoms with Gasteiger partial charge >= 0.3 is 0 Å². The first-order valence-electron chi connectivity index (χ1n) is 7.35. The minimum atomic E-state index is -0.553. The standard InChI is InChI=1S/C14H24N6OS/c1-14(2,11(21)16-3)10-18-12(15)19-5-7-20(8-6-19)13-17-4-9-22-13/h4,9H,5-8,10H2,1-3H3,(H2,15,18)(H,16,21). The molecule has 1 aliphatic heterocycles. The molecule has 0 unspecified atom stereocenters. The summed E-state index contributed by atoms with van der Waals surface area (Å²) in [6.45, 7) is 7.49. The second-order valence-electron chi connectivity index (χ2n) is 5.93. The molecule has 1 saturated heterocycles. The molecule has 1 fully saturated rings. The smallest absolute Gasteiger partial charge is 0.227 e. The van der Waals surface area contributed by atoms with Gasteiger partial charge in [0.25, 0.3) is 0 Å². The van der Waals surface area contributed by atoms with E-state index in [-0.39, 0.29) is 5.91 Å². The number of nitrogens with one attached hydrogen (secondary N) is 1. The lowest BCUT2D eigenvalue weighted by molar-refractivity contribution is -0.128. The summed E-state index contributed by atoms with van der Waals surface area (Å²) in [7, 11) is 1.63. The Balaban J connectivity index is 1.88. The largest absolute Gasteiger partial charge is 0.370 e. The SMILES string of the molecule is CNC(=O)C(C)(C)CN=C(N)N1CCN(c2nccs2)CC1. The molecule has 1 amide bonds. The highest BCUT2D eigenvalue weighted by molar-refractivity contribution is 7.13. The number of hydrogen-bond acceptors (Lipinski definition) is 5. The maximum Gasteiger partial charge on any atom is 0.227 e. The van der Waals surface area contributed by atoms with Crippen LogP contribution in [0.25, 0.3) is 0 Å². The van der Waals surface area contributed by atoms with Gasteiger partial charge in [0.15, 0.2) is 11.1 Å². The van der Waals surface area contributed by atoms with Crippen LogP contribution in [0.1, 0.15) is 13.8 Å². The summed E-state index contributed by atoms with van der Waals surface area (Å²) >= 11 is 1.65. The summed E-state index contributed by atoms with van der Waals surface area (Å²) in [6, 6.07) is 0. The molecule has 0 aliphatic carbocycles. The molecule has 0 saturated carbocycles. The van der Waals surface area contributed by atoms with E-state index in [0.29, 0.717) is 12.5 Å². The number of guanidine groups is 1. The average molecular weight is 324 g/mol. The number of nitrogens with two attached hydrogens (primary N) is 1. The number of anilines is 1. The van der Waals surface area contributed by atoms with Crippen LogP contribution in [0, 0.1) is 5.41 Å². The number of amides is 1. The van der Waals surface area contributed by atoms with Crippen LogP contribution in [-0.4, -0.2) is 61.5 Å². The molecule has 0 aromatic carbocycles. The van der Waals surface area contributed by atoms with E-state index in [4.69, 9.17) is 5.73 Å². The van der Waals surface area contributed by atoms with Crippen molar-refractivity contribution >= 4 is 28.3 Å². The molecule has 1 aliphatic rings. The van der Waals surface area contributed by atoms with Gasteiger partial charge in [-0.25, -0.2) is 4.98 Å². The van der Waals surface area contributed by atoms with Gasteiger partial charge in [-0.1, -0.05) is 0 Å². The lowest BCUT2D eigenvalue weighted by Gasteiger charge is -2.35. The molecule has 1 aromatic rings. The lowest BCUT2D eigenvalue weighted by atomic mass is 9.93. The third kappa shape index (κ3) is 3.88. The Morgan fingerprint density at radius 2 is 2.14 bits per heavy atom. The zero-order chi connectivity index (χ0) is 16.2. The van der Waals surface area contributed by atoms with Crippen molar-refractivity contribution in [2.24, 2.45) is 16.1 Å². The summed E-state index contributed by atoms with van der Waals surface area (Å²) in [5.74, 6) is 0.480. The minimum Gasteiger partial charge on any atom is -0.370 e. The van der Waals surface area contributed by atoms with E-state index in [9.17, 15) is 4.79 Å². The molecule has 122 valence electrons. The molecular formula is C14H24N6OS. The van der Waals surface area contributed by atoms with Gasteiger partial charge < -0.3 is 20.9 Å². The quantitative estimate of drug-likeness (QED) is 0.616. The first kappa shape index (κ1) is 16.5. The van der Waals surface area contributed by atoms with Crippen LogP contribution in [0.5, 0.6) is 0 Å². The van der Waals surface area contributed by atoms with Gasteiger partial charge in [-0.2, -0.15) is 0 Å². The number of thiazole rings is 1. The molecule has 0 spiro atoms. The molecule has 0 radical (unpaired) electrons. The van der Waals surface area contributed by atoms with Crippen molar-refractivity contribution < 1.29 is 4.79 Å². The van der Waals surface area contributed by atoms with Crippen LogP contribution in [0.15, 0.2) is 16.6 Å². The van der Waals surface area contributed by atoms with E-state index in [1.165, 1.54) is 0 Å². The Kier molecular flexibility index (Phi) is 5.23. The highest BCUT2D eigenvalue weighted by Gasteiger charge is 2.27. The van der Waals surface area contributed by atoms with Crippen LogP contribution in [-0.2, 0) is 4.79 Å². The normalized spacial score (nSPS) is 16.8. The van der Waals surface area contributed by atoms with Gasteiger partial charge in [0.2, 0.25) is 5.91 Å². The number of aromatic nitrogens is 1. The van der Waals surface area contributed by atoms with Gasteiger partial charge in [-0.3, -0.25) is 9.79 Å². The van der Waals surface area contributed by atoms with E-state index < -0.39 is 5.41 Å². The second-order valence-corrected chi connectivity index (χ2v) is 6.80. The fourth-order valence-electron chi connectivity index (χ4n) is 2.29. The van der Waals surface area contributed by atoms with Crippen LogP contribution in [0.4, 0.5) is 5.13 Å². The monoisotopic (exact) mass is 324 g/mol. The van der Waals surface area contributed by atoms with Crippen molar-refractivity contribution in [1.29, 1.82) is 0 Å². The van der Waals surface area contributed by atoms with Crippen molar-refractivity contribution in [2.45, 2.75) is 13.8 Å². The van der Waals surface area contributed by atoms with Crippen LogP contribution in [0.2, 0.25) is 0 Å². The van der Waals surface area contributed by atoms with Crippen LogP contribution >= 0.6 is 11.3 Å². The van der Waals surface area contributed by atoms with Crippen LogP contribution < -0.4 is 16.0 Å². The molecule has 0 atom stereocenters. The molecule has 3 N–H and O–H groups in total. The van der Waals surface area contributed by atoms with Gasteiger partial charge in [-0.05, 0) is 13.8 Å². The third-order valence-electron chi connectivity index (χ3n) is 3.77. The Labute approximate surface area is 135 Å². The lowest BCUT2D eigenvalue weighted by Crippen LogP contribution is -2.51. The molecule has 8 heteroatoms. The summed E-state index contributed by atoms with van der Waals surface area (Å²) < 4.78 is 0. The van der Waals surface area contributed by atoms with Crippen LogP contribution in [0.3, 0.4) is 0 Å². The summed E-state index contributed by atoms with van der Waals surface area (Å²) in [5, 5.41) is 5.69. The fourth-order valence-corrected chi connectivity index (χ4v) is 2.98. The Hall–Kier alpha value is -1.83. The topological polar surface area (TPSA) is 86.8 Å². The summed E-state index contributed by atoms with van der Waals surface area (Å²) in [4.78, 5) is 24.8. The third-order valence-corrected chi connectivity index (χ3v) is 4.60. The number of hydrogen-bond donors (Lipinski definition) is 2. The maximum atomic E-state index is 11.7. The van der Waals surface area contributed by atoms with E-state index in [0.717, 1.165) is 31.3 Å². The minimum absolute atomic E-state index is 0.0300. The Morgan fingerprint density at radius 1 is 1.45 bits per heavy atom. The van der Waals surface area contributed by atoms with Crippen molar-refractivity contribution in [1.82, 2.24) is 15.2 Å². The second kappa shape index (κ2) is 6.95. The molecule has 7 nitrogen and oxygen atoms in total. The van der Waals surface area contributed by atoms with E-state index in [1.54, 1.807) is 18.4 Å². The molecule has 2 heterocycles. The van der Waals surface area contributed by atoms with Gasteiger partial charge in [-0.15, -0.1) is 11.3 Å². The highest BCUT2D eigenvalue weighted by Crippen LogP contribution is 2.19. The van der Waals surface area contributed by atoms with Gasteiger partial charge in [0.1, 0.15) is 0 Å². The first-order chi connectivity index (χ1) is 10.4. The van der Waals surface area contributed by atoms with Crippen molar-refractivity contribution in [3.8, 4) is 0 Å². The van der Waals surface area contributed by atoms with Crippen molar-refractivity contribution in [3.05, 3.63) is 11.6 Å². The predicted molar refractivity (Wildman–Crippen MR) is 90.2 cm³/mol. The number of carbonyl (C=O) groups is 1. The maximum absolute atomic E-state index is 11.7. The molecule has 22 heavy (non-hydrogen) atoms. The predicted octanol–water partition coefficient (Wildman–Crippen LogP) is 0.352.